The van der Waals surface area contributed by atoms with Crippen molar-refractivity contribution >= 4 is 46.2 Å². The van der Waals surface area contributed by atoms with E-state index in [0.717, 1.165) is 13.0 Å². The predicted molar refractivity (Wildman–Crippen MR) is 93.4 cm³/mol. The van der Waals surface area contributed by atoms with Crippen molar-refractivity contribution in [2.24, 2.45) is 0 Å². The average molecular weight is 396 g/mol. The van der Waals surface area contributed by atoms with Crippen molar-refractivity contribution in [1.82, 2.24) is 3.96 Å². The normalized spacial score (nSPS) is 8.75. The fourth-order valence-corrected chi connectivity index (χ4v) is 2.54. The van der Waals surface area contributed by atoms with Crippen LogP contribution in [0.5, 0.6) is 0 Å². The van der Waals surface area contributed by atoms with Gasteiger partial charge in [-0.25, -0.2) is 0 Å². The predicted octanol–water partition coefficient (Wildman–Crippen LogP) is 3.06. The van der Waals surface area contributed by atoms with E-state index in [-0.39, 0.29) is 28.6 Å². The van der Waals surface area contributed by atoms with Gasteiger partial charge in [-0.3, -0.25) is 8.75 Å². The molecule has 134 valence electrons. The van der Waals surface area contributed by atoms with E-state index in [1.165, 1.54) is 43.6 Å². The molecule has 0 aliphatic rings. The van der Waals surface area contributed by atoms with Crippen molar-refractivity contribution in [1.29, 1.82) is 0 Å². The first kappa shape index (κ1) is 27.7. The van der Waals surface area contributed by atoms with Gasteiger partial charge in [-0.2, -0.15) is 0 Å². The monoisotopic (exact) mass is 395 g/mol. The number of halogens is 1. The Morgan fingerprint density at radius 1 is 1.04 bits per heavy atom. The fourth-order valence-electron chi connectivity index (χ4n) is 1.52. The maximum absolute atomic E-state index is 11.4. The minimum atomic E-state index is -1.75. The van der Waals surface area contributed by atoms with E-state index in [4.69, 9.17) is 42.2 Å². The first-order valence-corrected chi connectivity index (χ1v) is 7.91. The summed E-state index contributed by atoms with van der Waals surface area (Å²) in [6.45, 7) is 3.04. The van der Waals surface area contributed by atoms with Crippen LogP contribution in [-0.2, 0) is 6.54 Å². The van der Waals surface area contributed by atoms with E-state index in [9.17, 15) is 4.79 Å². The maximum Gasteiger partial charge on any atom is 2.00 e. The van der Waals surface area contributed by atoms with Crippen molar-refractivity contribution in [3.8, 4) is 0 Å². The van der Waals surface area contributed by atoms with Crippen LogP contribution in [0.1, 0.15) is 45.4 Å². The van der Waals surface area contributed by atoms with Crippen molar-refractivity contribution in [2.75, 3.05) is 0 Å². The average Bonchev–Trinajstić information content (AvgIpc) is 2.73. The molecule has 0 amide bonds. The zero-order valence-electron chi connectivity index (χ0n) is 13.2. The summed E-state index contributed by atoms with van der Waals surface area (Å²) >= 11 is 7.10. The second kappa shape index (κ2) is 18.2. The summed E-state index contributed by atoms with van der Waals surface area (Å²) in [4.78, 5) is 27.9. The van der Waals surface area contributed by atoms with E-state index >= 15 is 0 Å². The van der Waals surface area contributed by atoms with Crippen molar-refractivity contribution in [2.45, 2.75) is 52.0 Å². The Kier molecular flexibility index (Phi) is 21.1. The summed E-state index contributed by atoms with van der Waals surface area (Å²) in [6, 6.07) is 0. The van der Waals surface area contributed by atoms with Gasteiger partial charge in [0.25, 0.3) is 5.56 Å². The molecule has 13 heteroatoms. The van der Waals surface area contributed by atoms with Crippen molar-refractivity contribution in [3.63, 3.8) is 0 Å². The molecule has 0 radical (unpaired) electrons. The van der Waals surface area contributed by atoms with E-state index in [1.807, 2.05) is 0 Å². The quantitative estimate of drug-likeness (QED) is 0.297. The smallest absolute Gasteiger partial charge is 0.356 e. The van der Waals surface area contributed by atoms with E-state index in [0.29, 0.717) is 5.02 Å². The molecule has 10 nitrogen and oxygen atoms in total. The molecule has 0 saturated carbocycles. The number of hydrogen-bond donors (Lipinski definition) is 0. The summed E-state index contributed by atoms with van der Waals surface area (Å²) < 4.78 is 1.74. The molecule has 0 atom stereocenters. The molecule has 0 unspecified atom stereocenters. The van der Waals surface area contributed by atoms with Crippen LogP contribution in [-0.4, -0.2) is 37.2 Å². The number of rotatable bonds is 7. The van der Waals surface area contributed by atoms with Crippen molar-refractivity contribution in [3.05, 3.63) is 51.4 Å². The summed E-state index contributed by atoms with van der Waals surface area (Å²) in [7, 11) is 0. The Bertz CT molecular complexity index is 492. The molecule has 1 aromatic heterocycles. The number of aryl methyl sites for hydroxylation is 1. The van der Waals surface area contributed by atoms with Crippen LogP contribution in [0.3, 0.4) is 0 Å². The van der Waals surface area contributed by atoms with Gasteiger partial charge in [0.05, 0.1) is 10.2 Å². The van der Waals surface area contributed by atoms with E-state index in [2.05, 4.69) is 6.92 Å². The van der Waals surface area contributed by atoms with Crippen LogP contribution < -0.4 is 5.56 Å². The second-order valence-electron chi connectivity index (χ2n) is 4.19. The third-order valence-corrected chi connectivity index (χ3v) is 3.77. The van der Waals surface area contributed by atoms with Crippen molar-refractivity contribution < 1.29 is 10.2 Å². The van der Waals surface area contributed by atoms with Gasteiger partial charge in [0, 0.05) is 11.9 Å². The molecule has 0 bridgehead atoms. The molecule has 0 fully saturated rings. The first-order valence-electron chi connectivity index (χ1n) is 6.69. The molecule has 0 aliphatic carbocycles. The largest absolute Gasteiger partial charge is 2.00 e. The second-order valence-corrected chi connectivity index (χ2v) is 5.49. The van der Waals surface area contributed by atoms with Crippen LogP contribution >= 0.6 is 23.1 Å². The zero-order valence-corrected chi connectivity index (χ0v) is 16.2. The molecule has 1 heterocycles. The molecule has 24 heavy (non-hydrogen) atoms. The molecular weight excluding hydrogens is 378 g/mol. The van der Waals surface area contributed by atoms with E-state index in [1.54, 1.807) is 9.34 Å². The molecule has 1 rings (SSSR count). The van der Waals surface area contributed by atoms with Gasteiger partial charge in [0.2, 0.25) is 0 Å². The fraction of sp³-hybridized carbons (Fsp3) is 0.727. The molecule has 0 N–H and O–H groups in total. The third-order valence-electron chi connectivity index (χ3n) is 2.43. The zero-order chi connectivity index (χ0) is 18.3. The Morgan fingerprint density at radius 2 is 1.46 bits per heavy atom. The van der Waals surface area contributed by atoms with Crippen LogP contribution in [0.25, 0.3) is 0 Å². The minimum Gasteiger partial charge on any atom is -0.356 e. The molecule has 0 aliphatic heterocycles. The van der Waals surface area contributed by atoms with Crippen LogP contribution in [0.4, 0.5) is 0 Å². The van der Waals surface area contributed by atoms with Gasteiger partial charge in [0.15, 0.2) is 0 Å². The Hall–Kier alpha value is -1.11. The Balaban J connectivity index is -0.000000413. The SMILES string of the molecule is CCCCCCCCn1scc(Cl)c1=O.O=[N+]([O-])[O-].O=[N+]([O-])[O-].[Mg+2]. The molecule has 1 aromatic rings. The first-order chi connectivity index (χ1) is 10.7. The molecule has 0 spiro atoms. The minimum absolute atomic E-state index is 0. The van der Waals surface area contributed by atoms with Gasteiger partial charge in [-0.05, 0) is 6.42 Å². The standard InChI is InChI=1S/C11H18ClNOS.Mg.2NO3/c1-2-3-4-5-6-7-8-13-11(14)10(12)9-15-13;;2*2-1(3)4/h9H,2-8H2,1H3;;;/q;+2;2*-1. The van der Waals surface area contributed by atoms with E-state index < -0.39 is 10.2 Å². The van der Waals surface area contributed by atoms with Gasteiger partial charge >= 0.3 is 23.1 Å². The van der Waals surface area contributed by atoms with Gasteiger partial charge in [0.1, 0.15) is 5.02 Å². The van der Waals surface area contributed by atoms with Crippen LogP contribution in [0, 0.1) is 30.6 Å². The Labute approximate surface area is 163 Å². The van der Waals surface area contributed by atoms with Crippen LogP contribution in [0.15, 0.2) is 10.2 Å². The molecule has 0 saturated heterocycles. The number of unbranched alkanes of at least 4 members (excludes halogenated alkanes) is 5. The van der Waals surface area contributed by atoms with Gasteiger partial charge in [-0.15, -0.1) is 0 Å². The topological polar surface area (TPSA) is 154 Å². The summed E-state index contributed by atoms with van der Waals surface area (Å²) in [5, 5.41) is 31.6. The summed E-state index contributed by atoms with van der Waals surface area (Å²) in [5.41, 5.74) is -0.0322. The maximum atomic E-state index is 11.4. The summed E-state index contributed by atoms with van der Waals surface area (Å²) in [5.74, 6) is 0. The Morgan fingerprint density at radius 3 is 1.83 bits per heavy atom. The molecular formula is C11H18ClMgN3O7S. The number of nitrogens with zero attached hydrogens (tertiary/aromatic N) is 3. The molecule has 0 aromatic carbocycles. The summed E-state index contributed by atoms with van der Waals surface area (Å²) in [6.07, 6.45) is 7.49. The van der Waals surface area contributed by atoms with Gasteiger partial charge in [-0.1, -0.05) is 62.2 Å². The third kappa shape index (κ3) is 20.9. The number of aromatic nitrogens is 1. The van der Waals surface area contributed by atoms with Crippen LogP contribution in [0.2, 0.25) is 5.02 Å². The van der Waals surface area contributed by atoms with Gasteiger partial charge < -0.3 is 30.6 Å². The number of hydrogen-bond acceptors (Lipinski definition) is 8.